The first kappa shape index (κ1) is 32.2. The van der Waals surface area contributed by atoms with E-state index in [1.54, 1.807) is 6.07 Å². The predicted octanol–water partition coefficient (Wildman–Crippen LogP) is 9.61. The number of hydrogen-bond donors (Lipinski definition) is 0. The van der Waals surface area contributed by atoms with Gasteiger partial charge in [0.15, 0.2) is 11.5 Å². The van der Waals surface area contributed by atoms with Crippen LogP contribution in [0.3, 0.4) is 0 Å². The Bertz CT molecular complexity index is 723. The monoisotopic (exact) mass is 502 g/mol. The molecule has 0 aromatic heterocycles. The minimum Gasteiger partial charge on any atom is -0.423 e. The highest BCUT2D eigenvalue weighted by atomic mass is 16.6. The number of rotatable bonds is 21. The maximum Gasteiger partial charge on any atom is 0.311 e. The second-order valence-corrected chi connectivity index (χ2v) is 11.2. The van der Waals surface area contributed by atoms with Crippen LogP contribution in [0.25, 0.3) is 0 Å². The standard InChI is InChI=1S/C32H54O4/c1-6-7-8-9-10-11-12-13-20-28-23-24-29(35-31(33)21-16-14-18-26(2)3)30(25-28)36-32(34)22-17-15-19-27(4)5/h23-27H,6-22H2,1-5H3. The maximum absolute atomic E-state index is 12.5. The maximum atomic E-state index is 12.5. The van der Waals surface area contributed by atoms with E-state index in [9.17, 15) is 9.59 Å². The molecule has 0 aliphatic heterocycles. The van der Waals surface area contributed by atoms with E-state index in [4.69, 9.17) is 9.47 Å². The molecule has 4 heteroatoms. The molecule has 0 bridgehead atoms. The molecule has 206 valence electrons. The number of esters is 2. The quantitative estimate of drug-likeness (QED) is 0.0953. The molecule has 0 fully saturated rings. The first-order valence-corrected chi connectivity index (χ1v) is 14.9. The van der Waals surface area contributed by atoms with Gasteiger partial charge in [0.2, 0.25) is 0 Å². The van der Waals surface area contributed by atoms with E-state index in [-0.39, 0.29) is 11.9 Å². The van der Waals surface area contributed by atoms with E-state index in [0.717, 1.165) is 56.9 Å². The number of unbranched alkanes of at least 4 members (excludes halogenated alkanes) is 9. The number of aryl methyl sites for hydroxylation is 1. The summed E-state index contributed by atoms with van der Waals surface area (Å²) in [5, 5.41) is 0. The lowest BCUT2D eigenvalue weighted by atomic mass is 10.0. The molecule has 1 rings (SSSR count). The molecule has 0 amide bonds. The Kier molecular flexibility index (Phi) is 18.1. The van der Waals surface area contributed by atoms with Crippen LogP contribution in [-0.4, -0.2) is 11.9 Å². The summed E-state index contributed by atoms with van der Waals surface area (Å²) in [6, 6.07) is 5.70. The Hall–Kier alpha value is -1.84. The van der Waals surface area contributed by atoms with Crippen molar-refractivity contribution in [1.82, 2.24) is 0 Å². The largest absolute Gasteiger partial charge is 0.423 e. The molecule has 1 aromatic carbocycles. The third-order valence-electron chi connectivity index (χ3n) is 6.60. The van der Waals surface area contributed by atoms with Crippen molar-refractivity contribution >= 4 is 11.9 Å². The highest BCUT2D eigenvalue weighted by Gasteiger charge is 2.15. The summed E-state index contributed by atoms with van der Waals surface area (Å²) in [6.45, 7) is 11.0. The lowest BCUT2D eigenvalue weighted by Gasteiger charge is -2.13. The minimum atomic E-state index is -0.260. The molecule has 0 radical (unpaired) electrons. The second-order valence-electron chi connectivity index (χ2n) is 11.2. The molecule has 0 N–H and O–H groups in total. The third kappa shape index (κ3) is 16.8. The van der Waals surface area contributed by atoms with Crippen molar-refractivity contribution < 1.29 is 19.1 Å². The lowest BCUT2D eigenvalue weighted by Crippen LogP contribution is -2.12. The molecule has 1 aromatic rings. The second kappa shape index (κ2) is 20.2. The van der Waals surface area contributed by atoms with Gasteiger partial charge in [-0.05, 0) is 55.2 Å². The fourth-order valence-electron chi connectivity index (χ4n) is 4.33. The van der Waals surface area contributed by atoms with Crippen molar-refractivity contribution in [3.63, 3.8) is 0 Å². The third-order valence-corrected chi connectivity index (χ3v) is 6.60. The summed E-state index contributed by atoms with van der Waals surface area (Å²) < 4.78 is 11.4. The van der Waals surface area contributed by atoms with Crippen molar-refractivity contribution in [3.8, 4) is 11.5 Å². The van der Waals surface area contributed by atoms with Crippen LogP contribution in [-0.2, 0) is 16.0 Å². The first-order chi connectivity index (χ1) is 17.3. The molecule has 0 heterocycles. The van der Waals surface area contributed by atoms with Gasteiger partial charge < -0.3 is 9.47 Å². The normalized spacial score (nSPS) is 11.3. The number of hydrogen-bond acceptors (Lipinski definition) is 4. The molecule has 0 unspecified atom stereocenters. The van der Waals surface area contributed by atoms with E-state index in [0.29, 0.717) is 36.2 Å². The van der Waals surface area contributed by atoms with E-state index in [1.165, 1.54) is 44.9 Å². The first-order valence-electron chi connectivity index (χ1n) is 14.9. The Morgan fingerprint density at radius 3 is 1.67 bits per heavy atom. The van der Waals surface area contributed by atoms with Crippen LogP contribution in [0, 0.1) is 11.8 Å². The fraction of sp³-hybridized carbons (Fsp3) is 0.750. The highest BCUT2D eigenvalue weighted by molar-refractivity contribution is 5.76. The molecule has 0 aliphatic carbocycles. The highest BCUT2D eigenvalue weighted by Crippen LogP contribution is 2.30. The molecule has 4 nitrogen and oxygen atoms in total. The molecule has 0 atom stereocenters. The van der Waals surface area contributed by atoms with Crippen molar-refractivity contribution in [3.05, 3.63) is 23.8 Å². The molecule has 0 saturated carbocycles. The Morgan fingerprint density at radius 1 is 0.639 bits per heavy atom. The van der Waals surface area contributed by atoms with Crippen molar-refractivity contribution in [2.75, 3.05) is 0 Å². The van der Waals surface area contributed by atoms with Crippen LogP contribution in [0.2, 0.25) is 0 Å². The van der Waals surface area contributed by atoms with Gasteiger partial charge in [-0.15, -0.1) is 0 Å². The van der Waals surface area contributed by atoms with Gasteiger partial charge in [0.1, 0.15) is 0 Å². The van der Waals surface area contributed by atoms with E-state index in [2.05, 4.69) is 34.6 Å². The van der Waals surface area contributed by atoms with Gasteiger partial charge in [0.25, 0.3) is 0 Å². The van der Waals surface area contributed by atoms with Crippen molar-refractivity contribution in [2.24, 2.45) is 11.8 Å². The molecule has 0 spiro atoms. The predicted molar refractivity (Wildman–Crippen MR) is 151 cm³/mol. The Balaban J connectivity index is 2.65. The minimum absolute atomic E-state index is 0.253. The Morgan fingerprint density at radius 2 is 1.14 bits per heavy atom. The van der Waals surface area contributed by atoms with Gasteiger partial charge in [-0.3, -0.25) is 9.59 Å². The summed E-state index contributed by atoms with van der Waals surface area (Å²) in [5.41, 5.74) is 1.13. The van der Waals surface area contributed by atoms with Crippen molar-refractivity contribution in [2.45, 2.75) is 144 Å². The number of carbonyl (C=O) groups excluding carboxylic acids is 2. The molecular formula is C32H54O4. The summed E-state index contributed by atoms with van der Waals surface area (Å²) >= 11 is 0. The summed E-state index contributed by atoms with van der Waals surface area (Å²) in [4.78, 5) is 25.0. The van der Waals surface area contributed by atoms with E-state index < -0.39 is 0 Å². The zero-order chi connectivity index (χ0) is 26.6. The fourth-order valence-corrected chi connectivity index (χ4v) is 4.33. The van der Waals surface area contributed by atoms with Crippen LogP contribution >= 0.6 is 0 Å². The van der Waals surface area contributed by atoms with Gasteiger partial charge in [-0.1, -0.05) is 111 Å². The molecule has 0 saturated heterocycles. The van der Waals surface area contributed by atoms with Crippen LogP contribution < -0.4 is 9.47 Å². The number of ether oxygens (including phenoxy) is 2. The van der Waals surface area contributed by atoms with Gasteiger partial charge in [0.05, 0.1) is 0 Å². The van der Waals surface area contributed by atoms with E-state index >= 15 is 0 Å². The number of benzene rings is 1. The molecular weight excluding hydrogens is 448 g/mol. The summed E-state index contributed by atoms with van der Waals surface area (Å²) in [7, 11) is 0. The number of carbonyl (C=O) groups is 2. The van der Waals surface area contributed by atoms with Crippen LogP contribution in [0.5, 0.6) is 11.5 Å². The van der Waals surface area contributed by atoms with Gasteiger partial charge >= 0.3 is 11.9 Å². The molecule has 0 aliphatic rings. The summed E-state index contributed by atoms with van der Waals surface area (Å²) in [6.07, 6.45) is 17.8. The van der Waals surface area contributed by atoms with Gasteiger partial charge in [-0.2, -0.15) is 0 Å². The Labute approximate surface area is 221 Å². The zero-order valence-corrected chi connectivity index (χ0v) is 24.0. The topological polar surface area (TPSA) is 52.6 Å². The zero-order valence-electron chi connectivity index (χ0n) is 24.0. The van der Waals surface area contributed by atoms with Gasteiger partial charge in [-0.25, -0.2) is 0 Å². The smallest absolute Gasteiger partial charge is 0.311 e. The van der Waals surface area contributed by atoms with Crippen LogP contribution in [0.15, 0.2) is 18.2 Å². The summed E-state index contributed by atoms with van der Waals surface area (Å²) in [5.74, 6) is 1.51. The SMILES string of the molecule is CCCCCCCCCCc1ccc(OC(=O)CCCCC(C)C)c(OC(=O)CCCCC(C)C)c1. The average Bonchev–Trinajstić information content (AvgIpc) is 2.82. The van der Waals surface area contributed by atoms with E-state index in [1.807, 2.05) is 12.1 Å². The molecule has 36 heavy (non-hydrogen) atoms. The van der Waals surface area contributed by atoms with Crippen LogP contribution in [0.1, 0.15) is 143 Å². The average molecular weight is 503 g/mol. The van der Waals surface area contributed by atoms with Crippen molar-refractivity contribution in [1.29, 1.82) is 0 Å². The van der Waals surface area contributed by atoms with Gasteiger partial charge in [0, 0.05) is 12.8 Å². The van der Waals surface area contributed by atoms with Crippen LogP contribution in [0.4, 0.5) is 0 Å². The lowest BCUT2D eigenvalue weighted by molar-refractivity contribution is -0.137.